The van der Waals surface area contributed by atoms with E-state index < -0.39 is 0 Å². The van der Waals surface area contributed by atoms with E-state index in [2.05, 4.69) is 52.1 Å². The quantitative estimate of drug-likeness (QED) is 0.649. The predicted octanol–water partition coefficient (Wildman–Crippen LogP) is 5.29. The fourth-order valence-corrected chi connectivity index (χ4v) is 2.32. The van der Waals surface area contributed by atoms with Crippen LogP contribution in [0.5, 0.6) is 0 Å². The van der Waals surface area contributed by atoms with Crippen LogP contribution in [0.3, 0.4) is 0 Å². The third-order valence-electron chi connectivity index (χ3n) is 3.34. The zero-order chi connectivity index (χ0) is 14.8. The number of aromatic nitrogens is 2. The Morgan fingerprint density at radius 2 is 1.29 bits per heavy atom. The summed E-state index contributed by atoms with van der Waals surface area (Å²) in [6.07, 6.45) is 0. The molecule has 21 heavy (non-hydrogen) atoms. The number of rotatable bonds is 3. The van der Waals surface area contributed by atoms with Gasteiger partial charge in [0.2, 0.25) is 11.8 Å². The average Bonchev–Trinajstić information content (AvgIpc) is 2.98. The van der Waals surface area contributed by atoms with Gasteiger partial charge in [-0.1, -0.05) is 41.9 Å². The summed E-state index contributed by atoms with van der Waals surface area (Å²) in [5.41, 5.74) is 3.15. The Bertz CT molecular complexity index is 730. The normalized spacial score (nSPS) is 11.0. The highest BCUT2D eigenvalue weighted by atomic mass is 79.9. The van der Waals surface area contributed by atoms with E-state index in [1.807, 2.05) is 36.4 Å². The largest absolute Gasteiger partial charge is 0.416 e. The maximum absolute atomic E-state index is 5.76. The first kappa shape index (κ1) is 14.0. The molecule has 3 aromatic rings. The van der Waals surface area contributed by atoms with Crippen molar-refractivity contribution in [2.24, 2.45) is 0 Å². The first-order valence-corrected chi connectivity index (χ1v) is 7.62. The first-order valence-electron chi connectivity index (χ1n) is 6.83. The van der Waals surface area contributed by atoms with Crippen molar-refractivity contribution in [1.82, 2.24) is 10.2 Å². The molecule has 2 aromatic carbocycles. The Labute approximate surface area is 132 Å². The lowest BCUT2D eigenvalue weighted by Crippen LogP contribution is -1.86. The van der Waals surface area contributed by atoms with E-state index in [-0.39, 0.29) is 0 Å². The predicted molar refractivity (Wildman–Crippen MR) is 87.0 cm³/mol. The highest BCUT2D eigenvalue weighted by Crippen LogP contribution is 2.26. The van der Waals surface area contributed by atoms with E-state index in [4.69, 9.17) is 4.42 Å². The number of halogens is 1. The summed E-state index contributed by atoms with van der Waals surface area (Å²) in [6.45, 7) is 4.35. The lowest BCUT2D eigenvalue weighted by atomic mass is 10.0. The maximum Gasteiger partial charge on any atom is 0.248 e. The van der Waals surface area contributed by atoms with Crippen LogP contribution in [0, 0.1) is 0 Å². The average molecular weight is 343 g/mol. The third-order valence-corrected chi connectivity index (χ3v) is 3.87. The molecule has 0 saturated heterocycles. The monoisotopic (exact) mass is 342 g/mol. The maximum atomic E-state index is 5.76. The molecule has 0 radical (unpaired) electrons. The number of nitrogens with zero attached hydrogens (tertiary/aromatic N) is 2. The molecule has 0 unspecified atom stereocenters. The van der Waals surface area contributed by atoms with Gasteiger partial charge in [-0.05, 0) is 47.9 Å². The van der Waals surface area contributed by atoms with Crippen LogP contribution in [0.15, 0.2) is 57.4 Å². The second-order valence-corrected chi connectivity index (χ2v) is 6.11. The van der Waals surface area contributed by atoms with Gasteiger partial charge in [-0.3, -0.25) is 0 Å². The summed E-state index contributed by atoms with van der Waals surface area (Å²) in [7, 11) is 0. The molecule has 0 fully saturated rings. The molecule has 0 amide bonds. The van der Waals surface area contributed by atoms with Crippen molar-refractivity contribution in [2.75, 3.05) is 0 Å². The van der Waals surface area contributed by atoms with Crippen molar-refractivity contribution in [3.63, 3.8) is 0 Å². The van der Waals surface area contributed by atoms with Crippen LogP contribution >= 0.6 is 15.9 Å². The summed E-state index contributed by atoms with van der Waals surface area (Å²) in [6, 6.07) is 16.1. The van der Waals surface area contributed by atoms with Gasteiger partial charge in [-0.25, -0.2) is 0 Å². The lowest BCUT2D eigenvalue weighted by Gasteiger charge is -2.04. The van der Waals surface area contributed by atoms with E-state index >= 15 is 0 Å². The van der Waals surface area contributed by atoms with Gasteiger partial charge in [0.25, 0.3) is 0 Å². The highest BCUT2D eigenvalue weighted by Gasteiger charge is 2.10. The van der Waals surface area contributed by atoms with Crippen LogP contribution in [-0.4, -0.2) is 10.2 Å². The molecule has 106 valence electrons. The molecule has 3 rings (SSSR count). The van der Waals surface area contributed by atoms with Crippen LogP contribution in [0.2, 0.25) is 0 Å². The Morgan fingerprint density at radius 3 is 1.76 bits per heavy atom. The van der Waals surface area contributed by atoms with Crippen LogP contribution in [0.1, 0.15) is 25.3 Å². The summed E-state index contributed by atoms with van der Waals surface area (Å²) in [5, 5.41) is 8.25. The van der Waals surface area contributed by atoms with Gasteiger partial charge in [0.15, 0.2) is 0 Å². The van der Waals surface area contributed by atoms with E-state index in [0.717, 1.165) is 15.6 Å². The Morgan fingerprint density at radius 1 is 0.810 bits per heavy atom. The second-order valence-electron chi connectivity index (χ2n) is 5.20. The van der Waals surface area contributed by atoms with Gasteiger partial charge in [-0.2, -0.15) is 0 Å². The molecule has 4 heteroatoms. The van der Waals surface area contributed by atoms with Gasteiger partial charge in [0.05, 0.1) is 0 Å². The van der Waals surface area contributed by atoms with Crippen molar-refractivity contribution in [3.8, 4) is 22.9 Å². The summed E-state index contributed by atoms with van der Waals surface area (Å²) in [4.78, 5) is 0. The molecule has 0 aliphatic carbocycles. The molecular weight excluding hydrogens is 328 g/mol. The molecule has 0 N–H and O–H groups in total. The summed E-state index contributed by atoms with van der Waals surface area (Å²) < 4.78 is 6.78. The summed E-state index contributed by atoms with van der Waals surface area (Å²) >= 11 is 3.41. The van der Waals surface area contributed by atoms with E-state index in [0.29, 0.717) is 17.7 Å². The smallest absolute Gasteiger partial charge is 0.248 e. The van der Waals surface area contributed by atoms with Crippen molar-refractivity contribution in [3.05, 3.63) is 58.6 Å². The molecule has 1 aromatic heterocycles. The molecule has 0 bridgehead atoms. The van der Waals surface area contributed by atoms with Gasteiger partial charge in [0.1, 0.15) is 0 Å². The number of hydrogen-bond acceptors (Lipinski definition) is 3. The van der Waals surface area contributed by atoms with Crippen LogP contribution < -0.4 is 0 Å². The van der Waals surface area contributed by atoms with Gasteiger partial charge < -0.3 is 4.42 Å². The standard InChI is InChI=1S/C17H15BrN2O/c1-11(2)12-3-5-13(6-4-12)16-19-20-17(21-16)14-7-9-15(18)10-8-14/h3-11H,1-2H3. The minimum absolute atomic E-state index is 0.514. The van der Waals surface area contributed by atoms with Crippen molar-refractivity contribution < 1.29 is 4.42 Å². The molecule has 3 nitrogen and oxygen atoms in total. The van der Waals surface area contributed by atoms with Crippen molar-refractivity contribution in [2.45, 2.75) is 19.8 Å². The zero-order valence-electron chi connectivity index (χ0n) is 11.9. The molecule has 1 heterocycles. The van der Waals surface area contributed by atoms with E-state index in [1.54, 1.807) is 0 Å². The molecule has 0 saturated carbocycles. The van der Waals surface area contributed by atoms with Crippen LogP contribution in [-0.2, 0) is 0 Å². The van der Waals surface area contributed by atoms with E-state index in [9.17, 15) is 0 Å². The Hall–Kier alpha value is -1.94. The minimum Gasteiger partial charge on any atom is -0.416 e. The molecule has 0 atom stereocenters. The van der Waals surface area contributed by atoms with Crippen LogP contribution in [0.25, 0.3) is 22.9 Å². The lowest BCUT2D eigenvalue weighted by molar-refractivity contribution is 0.584. The number of hydrogen-bond donors (Lipinski definition) is 0. The summed E-state index contributed by atoms with van der Waals surface area (Å²) in [5.74, 6) is 1.59. The second kappa shape index (κ2) is 5.82. The van der Waals surface area contributed by atoms with Gasteiger partial charge in [-0.15, -0.1) is 10.2 Å². The SMILES string of the molecule is CC(C)c1ccc(-c2nnc(-c3ccc(Br)cc3)o2)cc1. The highest BCUT2D eigenvalue weighted by molar-refractivity contribution is 9.10. The van der Waals surface area contributed by atoms with Crippen LogP contribution in [0.4, 0.5) is 0 Å². The van der Waals surface area contributed by atoms with Crippen molar-refractivity contribution >= 4 is 15.9 Å². The molecule has 0 spiro atoms. The molecular formula is C17H15BrN2O. The third kappa shape index (κ3) is 3.05. The topological polar surface area (TPSA) is 38.9 Å². The van der Waals surface area contributed by atoms with Gasteiger partial charge in [0, 0.05) is 15.6 Å². The molecule has 0 aliphatic heterocycles. The Kier molecular flexibility index (Phi) is 3.88. The fraction of sp³-hybridized carbons (Fsp3) is 0.176. The zero-order valence-corrected chi connectivity index (χ0v) is 13.5. The van der Waals surface area contributed by atoms with Crippen molar-refractivity contribution in [1.29, 1.82) is 0 Å². The van der Waals surface area contributed by atoms with Gasteiger partial charge >= 0.3 is 0 Å². The van der Waals surface area contributed by atoms with E-state index in [1.165, 1.54) is 5.56 Å². The molecule has 0 aliphatic rings. The number of benzene rings is 2. The minimum atomic E-state index is 0.514. The fourth-order valence-electron chi connectivity index (χ4n) is 2.06. The Balaban J connectivity index is 1.89. The first-order chi connectivity index (χ1) is 10.1.